The van der Waals surface area contributed by atoms with Crippen molar-refractivity contribution in [2.24, 2.45) is 0 Å². The van der Waals surface area contributed by atoms with E-state index in [1.54, 1.807) is 6.20 Å². The Bertz CT molecular complexity index is 450. The smallest absolute Gasteiger partial charge is 0.0946 e. The van der Waals surface area contributed by atoms with Gasteiger partial charge in [0.05, 0.1) is 6.33 Å². The molecule has 1 aromatic heterocycles. The third-order valence-electron chi connectivity index (χ3n) is 3.00. The van der Waals surface area contributed by atoms with E-state index in [4.69, 9.17) is 11.6 Å². The van der Waals surface area contributed by atoms with Crippen molar-refractivity contribution < 1.29 is 0 Å². The van der Waals surface area contributed by atoms with Gasteiger partial charge in [-0.2, -0.15) is 0 Å². The monoisotopic (exact) mass is 263 g/mol. The van der Waals surface area contributed by atoms with E-state index in [0.29, 0.717) is 6.04 Å². The lowest BCUT2D eigenvalue weighted by Gasteiger charge is -2.17. The molecule has 18 heavy (non-hydrogen) atoms. The fourth-order valence-electron chi connectivity index (χ4n) is 1.98. The van der Waals surface area contributed by atoms with Gasteiger partial charge in [-0.1, -0.05) is 30.7 Å². The predicted molar refractivity (Wildman–Crippen MR) is 74.7 cm³/mol. The van der Waals surface area contributed by atoms with Gasteiger partial charge in [-0.15, -0.1) is 0 Å². The van der Waals surface area contributed by atoms with Crippen molar-refractivity contribution in [1.29, 1.82) is 0 Å². The van der Waals surface area contributed by atoms with E-state index in [1.165, 1.54) is 5.56 Å². The summed E-state index contributed by atoms with van der Waals surface area (Å²) >= 11 is 5.90. The van der Waals surface area contributed by atoms with Crippen LogP contribution in [0.1, 0.15) is 24.9 Å². The SMILES string of the molecule is CCC(NCCn1ccnc1)c1ccc(Cl)cc1. The lowest BCUT2D eigenvalue weighted by atomic mass is 10.0. The van der Waals surface area contributed by atoms with E-state index in [0.717, 1.165) is 24.5 Å². The molecule has 96 valence electrons. The standard InChI is InChI=1S/C14H18ClN3/c1-2-14(12-3-5-13(15)6-4-12)17-8-10-18-9-7-16-11-18/h3-7,9,11,14,17H,2,8,10H2,1H3. The summed E-state index contributed by atoms with van der Waals surface area (Å²) in [6.45, 7) is 4.05. The van der Waals surface area contributed by atoms with Gasteiger partial charge in [0.1, 0.15) is 0 Å². The first-order valence-corrected chi connectivity index (χ1v) is 6.62. The second-order valence-electron chi connectivity index (χ2n) is 4.27. The van der Waals surface area contributed by atoms with Crippen molar-refractivity contribution in [1.82, 2.24) is 14.9 Å². The first-order valence-electron chi connectivity index (χ1n) is 6.24. The highest BCUT2D eigenvalue weighted by atomic mass is 35.5. The van der Waals surface area contributed by atoms with Crippen LogP contribution in [-0.2, 0) is 6.54 Å². The van der Waals surface area contributed by atoms with E-state index in [2.05, 4.69) is 33.9 Å². The van der Waals surface area contributed by atoms with Crippen LogP contribution in [0.3, 0.4) is 0 Å². The topological polar surface area (TPSA) is 29.9 Å². The average Bonchev–Trinajstić information content (AvgIpc) is 2.89. The Morgan fingerprint density at radius 1 is 1.33 bits per heavy atom. The number of imidazole rings is 1. The first kappa shape index (κ1) is 13.1. The van der Waals surface area contributed by atoms with Gasteiger partial charge in [0.15, 0.2) is 0 Å². The average molecular weight is 264 g/mol. The van der Waals surface area contributed by atoms with Crippen LogP contribution in [0.25, 0.3) is 0 Å². The summed E-state index contributed by atoms with van der Waals surface area (Å²) in [6.07, 6.45) is 6.68. The molecule has 1 heterocycles. The van der Waals surface area contributed by atoms with Crippen molar-refractivity contribution in [2.75, 3.05) is 6.54 Å². The quantitative estimate of drug-likeness (QED) is 0.867. The fraction of sp³-hybridized carbons (Fsp3) is 0.357. The molecule has 0 bridgehead atoms. The number of hydrogen-bond acceptors (Lipinski definition) is 2. The van der Waals surface area contributed by atoms with Crippen LogP contribution in [-0.4, -0.2) is 16.1 Å². The van der Waals surface area contributed by atoms with Crippen LogP contribution in [0.2, 0.25) is 5.02 Å². The highest BCUT2D eigenvalue weighted by molar-refractivity contribution is 6.30. The fourth-order valence-corrected chi connectivity index (χ4v) is 2.11. The Kier molecular flexibility index (Phi) is 4.79. The molecular weight excluding hydrogens is 246 g/mol. The van der Waals surface area contributed by atoms with Gasteiger partial charge in [0.25, 0.3) is 0 Å². The van der Waals surface area contributed by atoms with Crippen LogP contribution in [0.15, 0.2) is 43.0 Å². The molecule has 0 saturated heterocycles. The Morgan fingerprint density at radius 3 is 2.72 bits per heavy atom. The largest absolute Gasteiger partial charge is 0.336 e. The molecule has 3 nitrogen and oxygen atoms in total. The molecule has 1 aromatic carbocycles. The summed E-state index contributed by atoms with van der Waals surface area (Å²) in [5.74, 6) is 0. The predicted octanol–water partition coefficient (Wildman–Crippen LogP) is 3.28. The van der Waals surface area contributed by atoms with Crippen molar-refractivity contribution in [3.63, 3.8) is 0 Å². The third kappa shape index (κ3) is 3.59. The van der Waals surface area contributed by atoms with E-state index in [9.17, 15) is 0 Å². The number of nitrogens with zero attached hydrogens (tertiary/aromatic N) is 2. The van der Waals surface area contributed by atoms with Gasteiger partial charge in [-0.05, 0) is 24.1 Å². The van der Waals surface area contributed by atoms with Crippen LogP contribution < -0.4 is 5.32 Å². The summed E-state index contributed by atoms with van der Waals surface area (Å²) < 4.78 is 2.07. The Balaban J connectivity index is 1.87. The van der Waals surface area contributed by atoms with Gasteiger partial charge in [-0.3, -0.25) is 0 Å². The van der Waals surface area contributed by atoms with E-state index in [1.807, 2.05) is 24.7 Å². The minimum absolute atomic E-state index is 0.380. The second kappa shape index (κ2) is 6.57. The van der Waals surface area contributed by atoms with Gasteiger partial charge in [-0.25, -0.2) is 4.98 Å². The molecule has 0 aliphatic carbocycles. The van der Waals surface area contributed by atoms with E-state index >= 15 is 0 Å². The Morgan fingerprint density at radius 2 is 2.11 bits per heavy atom. The molecule has 2 rings (SSSR count). The molecule has 0 aliphatic heterocycles. The number of halogens is 1. The highest BCUT2D eigenvalue weighted by Gasteiger charge is 2.07. The summed E-state index contributed by atoms with van der Waals surface area (Å²) in [4.78, 5) is 4.03. The minimum Gasteiger partial charge on any atom is -0.336 e. The number of aromatic nitrogens is 2. The van der Waals surface area contributed by atoms with Gasteiger partial charge >= 0.3 is 0 Å². The summed E-state index contributed by atoms with van der Waals surface area (Å²) in [5, 5.41) is 4.34. The number of benzene rings is 1. The van der Waals surface area contributed by atoms with E-state index < -0.39 is 0 Å². The van der Waals surface area contributed by atoms with Crippen LogP contribution >= 0.6 is 11.6 Å². The van der Waals surface area contributed by atoms with E-state index in [-0.39, 0.29) is 0 Å². The molecule has 1 unspecified atom stereocenters. The molecule has 0 radical (unpaired) electrons. The van der Waals surface area contributed by atoms with Crippen molar-refractivity contribution >= 4 is 11.6 Å². The normalized spacial score (nSPS) is 12.6. The summed E-state index contributed by atoms with van der Waals surface area (Å²) in [6, 6.07) is 8.43. The summed E-state index contributed by atoms with van der Waals surface area (Å²) in [5.41, 5.74) is 1.28. The Labute approximate surface area is 113 Å². The molecular formula is C14H18ClN3. The molecule has 1 atom stereocenters. The van der Waals surface area contributed by atoms with Crippen LogP contribution in [0, 0.1) is 0 Å². The molecule has 0 spiro atoms. The molecule has 1 N–H and O–H groups in total. The maximum absolute atomic E-state index is 5.90. The molecule has 0 amide bonds. The lowest BCUT2D eigenvalue weighted by molar-refractivity contribution is 0.492. The zero-order valence-corrected chi connectivity index (χ0v) is 11.3. The van der Waals surface area contributed by atoms with Crippen molar-refractivity contribution in [2.45, 2.75) is 25.9 Å². The summed E-state index contributed by atoms with van der Waals surface area (Å²) in [7, 11) is 0. The van der Waals surface area contributed by atoms with Crippen molar-refractivity contribution in [3.8, 4) is 0 Å². The number of rotatable bonds is 6. The van der Waals surface area contributed by atoms with Gasteiger partial charge < -0.3 is 9.88 Å². The molecule has 0 fully saturated rings. The van der Waals surface area contributed by atoms with Crippen LogP contribution in [0.4, 0.5) is 0 Å². The zero-order chi connectivity index (χ0) is 12.8. The number of nitrogens with one attached hydrogen (secondary N) is 1. The Hall–Kier alpha value is -1.32. The molecule has 0 aliphatic rings. The maximum atomic E-state index is 5.90. The maximum Gasteiger partial charge on any atom is 0.0946 e. The first-order chi connectivity index (χ1) is 8.79. The third-order valence-corrected chi connectivity index (χ3v) is 3.25. The van der Waals surface area contributed by atoms with Crippen LogP contribution in [0.5, 0.6) is 0 Å². The molecule has 4 heteroatoms. The molecule has 0 saturated carbocycles. The second-order valence-corrected chi connectivity index (χ2v) is 4.70. The highest BCUT2D eigenvalue weighted by Crippen LogP contribution is 2.18. The minimum atomic E-state index is 0.380. The van der Waals surface area contributed by atoms with Gasteiger partial charge in [0.2, 0.25) is 0 Å². The molecule has 2 aromatic rings. The van der Waals surface area contributed by atoms with Gasteiger partial charge in [0, 0.05) is 36.5 Å². The van der Waals surface area contributed by atoms with Crippen molar-refractivity contribution in [3.05, 3.63) is 53.6 Å². The zero-order valence-electron chi connectivity index (χ0n) is 10.5. The number of hydrogen-bond donors (Lipinski definition) is 1. The lowest BCUT2D eigenvalue weighted by Crippen LogP contribution is -2.24.